The van der Waals surface area contributed by atoms with Gasteiger partial charge in [-0.3, -0.25) is 4.90 Å². The first-order valence-corrected chi connectivity index (χ1v) is 10.8. The van der Waals surface area contributed by atoms with Gasteiger partial charge >= 0.3 is 0 Å². The van der Waals surface area contributed by atoms with Crippen molar-refractivity contribution in [3.8, 4) is 11.3 Å². The summed E-state index contributed by atoms with van der Waals surface area (Å²) in [5.41, 5.74) is 4.17. The fourth-order valence-electron chi connectivity index (χ4n) is 4.05. The van der Waals surface area contributed by atoms with E-state index in [0.717, 1.165) is 47.2 Å². The highest BCUT2D eigenvalue weighted by Gasteiger charge is 2.22. The van der Waals surface area contributed by atoms with Gasteiger partial charge in [-0.2, -0.15) is 15.0 Å². The van der Waals surface area contributed by atoms with E-state index in [0.29, 0.717) is 12.6 Å². The van der Waals surface area contributed by atoms with Gasteiger partial charge in [0, 0.05) is 29.7 Å². The Hall–Kier alpha value is -2.21. The Morgan fingerprint density at radius 3 is 2.62 bits per heavy atom. The zero-order chi connectivity index (χ0) is 20.1. The fourth-order valence-corrected chi connectivity index (χ4v) is 4.17. The van der Waals surface area contributed by atoms with Crippen molar-refractivity contribution in [3.05, 3.63) is 70.9 Å². The van der Waals surface area contributed by atoms with Crippen LogP contribution < -0.4 is 5.32 Å². The number of rotatable bonds is 8. The predicted octanol–water partition coefficient (Wildman–Crippen LogP) is 4.22. The molecule has 5 nitrogen and oxygen atoms in total. The van der Waals surface area contributed by atoms with Gasteiger partial charge in [-0.15, -0.1) is 0 Å². The first kappa shape index (κ1) is 20.1. The molecule has 0 saturated carbocycles. The molecule has 3 aromatic rings. The Morgan fingerprint density at radius 1 is 1.07 bits per heavy atom. The van der Waals surface area contributed by atoms with Crippen molar-refractivity contribution >= 4 is 11.6 Å². The molecule has 1 atom stereocenters. The van der Waals surface area contributed by atoms with Gasteiger partial charge < -0.3 is 5.32 Å². The minimum atomic E-state index is 0.628. The van der Waals surface area contributed by atoms with Crippen molar-refractivity contribution in [2.75, 3.05) is 19.6 Å². The average molecular weight is 410 g/mol. The summed E-state index contributed by atoms with van der Waals surface area (Å²) in [5, 5.41) is 14.0. The zero-order valence-corrected chi connectivity index (χ0v) is 17.6. The molecule has 0 amide bonds. The molecule has 4 rings (SSSR count). The topological polar surface area (TPSA) is 46.0 Å². The van der Waals surface area contributed by atoms with Gasteiger partial charge in [0.2, 0.25) is 0 Å². The summed E-state index contributed by atoms with van der Waals surface area (Å²) in [6.45, 7) is 6.93. The maximum absolute atomic E-state index is 6.01. The van der Waals surface area contributed by atoms with Gasteiger partial charge in [0.05, 0.1) is 6.54 Å². The molecular weight excluding hydrogens is 382 g/mol. The molecule has 29 heavy (non-hydrogen) atoms. The van der Waals surface area contributed by atoms with Crippen molar-refractivity contribution in [2.24, 2.45) is 0 Å². The fraction of sp³-hybridized carbons (Fsp3) is 0.391. The monoisotopic (exact) mass is 409 g/mol. The highest BCUT2D eigenvalue weighted by atomic mass is 35.5. The third-order valence-electron chi connectivity index (χ3n) is 5.59. The molecule has 0 unspecified atom stereocenters. The molecule has 1 fully saturated rings. The highest BCUT2D eigenvalue weighted by molar-refractivity contribution is 6.30. The summed E-state index contributed by atoms with van der Waals surface area (Å²) in [4.78, 5) is 4.35. The normalized spacial score (nSPS) is 17.1. The third-order valence-corrected chi connectivity index (χ3v) is 5.84. The molecule has 1 aromatic heterocycles. The molecule has 0 bridgehead atoms. The second-order valence-corrected chi connectivity index (χ2v) is 8.01. The number of aromatic nitrogens is 3. The quantitative estimate of drug-likeness (QED) is 0.605. The Bertz CT molecular complexity index is 907. The molecule has 1 N–H and O–H groups in total. The molecule has 0 spiro atoms. The molecule has 0 radical (unpaired) electrons. The van der Waals surface area contributed by atoms with Gasteiger partial charge in [0.15, 0.2) is 0 Å². The van der Waals surface area contributed by atoms with Crippen LogP contribution in [0.2, 0.25) is 5.02 Å². The summed E-state index contributed by atoms with van der Waals surface area (Å²) >= 11 is 6.01. The van der Waals surface area contributed by atoms with E-state index in [1.807, 2.05) is 42.5 Å². The Balaban J connectivity index is 1.49. The first-order chi connectivity index (χ1) is 14.2. The van der Waals surface area contributed by atoms with Crippen LogP contribution in [0.15, 0.2) is 54.6 Å². The lowest BCUT2D eigenvalue weighted by atomic mass is 10.1. The van der Waals surface area contributed by atoms with E-state index in [1.165, 1.54) is 19.4 Å². The van der Waals surface area contributed by atoms with Crippen LogP contribution in [0.4, 0.5) is 0 Å². The van der Waals surface area contributed by atoms with Crippen LogP contribution in [0.1, 0.15) is 31.0 Å². The number of nitrogens with one attached hydrogen (secondary N) is 1. The highest BCUT2D eigenvalue weighted by Crippen LogP contribution is 2.21. The molecule has 2 aromatic carbocycles. The lowest BCUT2D eigenvalue weighted by Crippen LogP contribution is -2.37. The van der Waals surface area contributed by atoms with E-state index in [1.54, 1.807) is 4.80 Å². The van der Waals surface area contributed by atoms with Gasteiger partial charge in [0.25, 0.3) is 0 Å². The van der Waals surface area contributed by atoms with E-state index in [2.05, 4.69) is 29.3 Å². The van der Waals surface area contributed by atoms with E-state index in [4.69, 9.17) is 21.8 Å². The maximum Gasteiger partial charge on any atom is 0.117 e. The number of likely N-dealkylation sites (N-methyl/N-ethyl adjacent to an activating group) is 1. The number of halogens is 1. The third kappa shape index (κ3) is 5.04. The van der Waals surface area contributed by atoms with E-state index in [9.17, 15) is 0 Å². The SMILES string of the molecule is CCN1CCC[C@H]1CNCc1nn(Cc2ccc(Cl)cc2)nc1-c1ccccc1. The molecule has 6 heteroatoms. The molecular formula is C23H28ClN5. The van der Waals surface area contributed by atoms with Crippen LogP contribution in [0, 0.1) is 0 Å². The molecule has 1 aliphatic heterocycles. The van der Waals surface area contributed by atoms with Crippen LogP contribution >= 0.6 is 11.6 Å². The Morgan fingerprint density at radius 2 is 1.86 bits per heavy atom. The lowest BCUT2D eigenvalue weighted by Gasteiger charge is -2.22. The van der Waals surface area contributed by atoms with Gasteiger partial charge in [-0.1, -0.05) is 61.0 Å². The van der Waals surface area contributed by atoms with Gasteiger partial charge in [-0.05, 0) is 43.6 Å². The molecule has 1 saturated heterocycles. The van der Waals surface area contributed by atoms with E-state index in [-0.39, 0.29) is 0 Å². The van der Waals surface area contributed by atoms with Crippen LogP contribution in [-0.2, 0) is 13.1 Å². The van der Waals surface area contributed by atoms with Gasteiger partial charge in [0.1, 0.15) is 11.4 Å². The van der Waals surface area contributed by atoms with Crippen LogP contribution in [0.25, 0.3) is 11.3 Å². The Labute approximate surface area is 177 Å². The van der Waals surface area contributed by atoms with Crippen molar-refractivity contribution in [3.63, 3.8) is 0 Å². The Kier molecular flexibility index (Phi) is 6.60. The first-order valence-electron chi connectivity index (χ1n) is 10.4. The smallest absolute Gasteiger partial charge is 0.117 e. The molecule has 152 valence electrons. The summed E-state index contributed by atoms with van der Waals surface area (Å²) in [6.07, 6.45) is 2.57. The van der Waals surface area contributed by atoms with Gasteiger partial charge in [-0.25, -0.2) is 0 Å². The minimum Gasteiger partial charge on any atom is -0.309 e. The average Bonchev–Trinajstić information content (AvgIpc) is 3.37. The van der Waals surface area contributed by atoms with Crippen molar-refractivity contribution in [1.29, 1.82) is 0 Å². The minimum absolute atomic E-state index is 0.628. The summed E-state index contributed by atoms with van der Waals surface area (Å²) in [7, 11) is 0. The van der Waals surface area contributed by atoms with Crippen LogP contribution in [0.3, 0.4) is 0 Å². The van der Waals surface area contributed by atoms with Crippen LogP contribution in [0.5, 0.6) is 0 Å². The second kappa shape index (κ2) is 9.53. The predicted molar refractivity (Wildman–Crippen MR) is 118 cm³/mol. The van der Waals surface area contributed by atoms with E-state index >= 15 is 0 Å². The largest absolute Gasteiger partial charge is 0.309 e. The number of benzene rings is 2. The maximum atomic E-state index is 6.01. The summed E-state index contributed by atoms with van der Waals surface area (Å²) < 4.78 is 0. The number of nitrogens with zero attached hydrogens (tertiary/aromatic N) is 4. The van der Waals surface area contributed by atoms with Crippen molar-refractivity contribution < 1.29 is 0 Å². The standard InChI is InChI=1S/C23H28ClN5/c1-2-28-14-6-9-21(28)15-25-16-22-23(19-7-4-3-5-8-19)27-29(26-22)17-18-10-12-20(24)13-11-18/h3-5,7-8,10-13,21,25H,2,6,9,14-17H2,1H3/t21-/m0/s1. The number of hydrogen-bond donors (Lipinski definition) is 1. The number of hydrogen-bond acceptors (Lipinski definition) is 4. The van der Waals surface area contributed by atoms with Crippen molar-refractivity contribution in [1.82, 2.24) is 25.2 Å². The number of likely N-dealkylation sites (tertiary alicyclic amines) is 1. The van der Waals surface area contributed by atoms with E-state index < -0.39 is 0 Å². The lowest BCUT2D eigenvalue weighted by molar-refractivity contribution is 0.259. The molecule has 1 aliphatic rings. The molecule has 2 heterocycles. The second-order valence-electron chi connectivity index (χ2n) is 7.57. The van der Waals surface area contributed by atoms with Crippen LogP contribution in [-0.4, -0.2) is 45.6 Å². The van der Waals surface area contributed by atoms with Crippen molar-refractivity contribution in [2.45, 2.75) is 38.9 Å². The zero-order valence-electron chi connectivity index (χ0n) is 16.9. The summed E-state index contributed by atoms with van der Waals surface area (Å²) in [6, 6.07) is 18.8. The summed E-state index contributed by atoms with van der Waals surface area (Å²) in [5.74, 6) is 0. The molecule has 0 aliphatic carbocycles.